The van der Waals surface area contributed by atoms with Crippen molar-refractivity contribution in [1.82, 2.24) is 0 Å². The quantitative estimate of drug-likeness (QED) is 0.407. The van der Waals surface area contributed by atoms with Crippen LogP contribution in [0.1, 0.15) is 22.3 Å². The zero-order valence-electron chi connectivity index (χ0n) is 13.0. The Morgan fingerprint density at radius 3 is 1.70 bits per heavy atom. The third-order valence-electron chi connectivity index (χ3n) is 4.40. The lowest BCUT2D eigenvalue weighted by Gasteiger charge is -2.04. The Balaban J connectivity index is 1.83. The van der Waals surface area contributed by atoms with Crippen LogP contribution < -0.4 is 0 Å². The normalized spacial score (nSPS) is 11.7. The predicted octanol–water partition coefficient (Wildman–Crippen LogP) is 5.98. The third kappa shape index (κ3) is 2.43. The highest BCUT2D eigenvalue weighted by atomic mass is 14.2. The van der Waals surface area contributed by atoms with Crippen LogP contribution in [0.15, 0.2) is 85.5 Å². The second kappa shape index (κ2) is 5.73. The molecule has 0 unspecified atom stereocenters. The summed E-state index contributed by atoms with van der Waals surface area (Å²) < 4.78 is 0. The van der Waals surface area contributed by atoms with E-state index in [1.165, 1.54) is 39.0 Å². The zero-order valence-corrected chi connectivity index (χ0v) is 13.0. The first-order valence-corrected chi connectivity index (χ1v) is 7.97. The smallest absolute Gasteiger partial charge is 0.00930 e. The number of hydrogen-bond acceptors (Lipinski definition) is 0. The van der Waals surface area contributed by atoms with E-state index >= 15 is 0 Å². The summed E-state index contributed by atoms with van der Waals surface area (Å²) in [5.41, 5.74) is 9.16. The molecule has 0 bridgehead atoms. The maximum Gasteiger partial charge on any atom is -0.00930 e. The minimum atomic E-state index is 0.919. The molecule has 0 spiro atoms. The van der Waals surface area contributed by atoms with Crippen molar-refractivity contribution < 1.29 is 0 Å². The van der Waals surface area contributed by atoms with Crippen LogP contribution in [-0.2, 0) is 6.42 Å². The topological polar surface area (TPSA) is 0 Å². The number of benzene rings is 3. The highest BCUT2D eigenvalue weighted by Gasteiger charge is 2.21. The molecule has 23 heavy (non-hydrogen) atoms. The highest BCUT2D eigenvalue weighted by molar-refractivity contribution is 6.06. The van der Waals surface area contributed by atoms with E-state index in [2.05, 4.69) is 85.5 Å². The molecule has 0 nitrogen and oxygen atoms in total. The maximum absolute atomic E-state index is 3.80. The first-order chi connectivity index (χ1) is 11.4. The Labute approximate surface area is 137 Å². The molecule has 0 N–H and O–H groups in total. The summed E-state index contributed by atoms with van der Waals surface area (Å²) in [5, 5.41) is 0. The Bertz CT molecular complexity index is 848. The van der Waals surface area contributed by atoms with Crippen LogP contribution in [0.4, 0.5) is 0 Å². The van der Waals surface area contributed by atoms with E-state index in [-0.39, 0.29) is 0 Å². The molecule has 0 saturated heterocycles. The summed E-state index contributed by atoms with van der Waals surface area (Å²) in [5.74, 6) is 0. The summed E-state index contributed by atoms with van der Waals surface area (Å²) in [7, 11) is 0. The van der Waals surface area contributed by atoms with Crippen LogP contribution in [0.5, 0.6) is 0 Å². The maximum atomic E-state index is 3.80. The third-order valence-corrected chi connectivity index (χ3v) is 4.40. The molecular formula is C23H18. The lowest BCUT2D eigenvalue weighted by molar-refractivity contribution is 1.28. The Hall–Kier alpha value is -2.86. The Kier molecular flexibility index (Phi) is 3.44. The van der Waals surface area contributed by atoms with E-state index in [1.54, 1.807) is 0 Å². The number of fused-ring (bicyclic) bond motifs is 3. The molecule has 0 radical (unpaired) electrons. The fourth-order valence-electron chi connectivity index (χ4n) is 3.29. The van der Waals surface area contributed by atoms with Gasteiger partial charge in [0.2, 0.25) is 0 Å². The first kappa shape index (κ1) is 13.8. The van der Waals surface area contributed by atoms with Gasteiger partial charge in [0.15, 0.2) is 0 Å². The minimum absolute atomic E-state index is 0.919. The van der Waals surface area contributed by atoms with Crippen LogP contribution in [0.2, 0.25) is 0 Å². The Morgan fingerprint density at radius 2 is 1.17 bits per heavy atom. The van der Waals surface area contributed by atoms with E-state index in [1.807, 2.05) is 6.08 Å². The standard InChI is InChI=1S/C23H18/c1-2-7-17-12-14-18(15-13-17)16-23-21-10-5-3-8-19(21)20-9-4-6-11-22(20)23/h2-6,8-16H,1,7H2. The molecule has 0 amide bonds. The molecule has 0 aromatic heterocycles. The van der Waals surface area contributed by atoms with Gasteiger partial charge in [-0.25, -0.2) is 0 Å². The van der Waals surface area contributed by atoms with Gasteiger partial charge in [0, 0.05) is 0 Å². The summed E-state index contributed by atoms with van der Waals surface area (Å²) in [6.07, 6.45) is 5.15. The molecule has 0 saturated carbocycles. The highest BCUT2D eigenvalue weighted by Crippen LogP contribution is 2.44. The summed E-state index contributed by atoms with van der Waals surface area (Å²) in [4.78, 5) is 0. The molecule has 3 aromatic rings. The molecule has 1 aliphatic rings. The second-order valence-corrected chi connectivity index (χ2v) is 5.88. The van der Waals surface area contributed by atoms with Crippen LogP contribution in [-0.4, -0.2) is 0 Å². The minimum Gasteiger partial charge on any atom is -0.103 e. The van der Waals surface area contributed by atoms with Gasteiger partial charge < -0.3 is 0 Å². The molecule has 4 rings (SSSR count). The molecular weight excluding hydrogens is 276 g/mol. The Morgan fingerprint density at radius 1 is 0.652 bits per heavy atom. The van der Waals surface area contributed by atoms with Gasteiger partial charge in [-0.2, -0.15) is 0 Å². The van der Waals surface area contributed by atoms with Crippen molar-refractivity contribution in [1.29, 1.82) is 0 Å². The van der Waals surface area contributed by atoms with Gasteiger partial charge >= 0.3 is 0 Å². The van der Waals surface area contributed by atoms with Crippen molar-refractivity contribution in [2.75, 3.05) is 0 Å². The zero-order chi connectivity index (χ0) is 15.6. The van der Waals surface area contributed by atoms with Crippen molar-refractivity contribution >= 4 is 11.6 Å². The van der Waals surface area contributed by atoms with Crippen LogP contribution in [0.3, 0.4) is 0 Å². The molecule has 0 aliphatic heterocycles. The lowest BCUT2D eigenvalue weighted by atomic mass is 10.0. The molecule has 3 aromatic carbocycles. The summed E-state index contributed by atoms with van der Waals surface area (Å²) in [6, 6.07) is 26.1. The average Bonchev–Trinajstić information content (AvgIpc) is 2.92. The number of allylic oxidation sites excluding steroid dienone is 1. The molecule has 110 valence electrons. The van der Waals surface area contributed by atoms with E-state index in [4.69, 9.17) is 0 Å². The van der Waals surface area contributed by atoms with Gasteiger partial charge in [-0.3, -0.25) is 0 Å². The van der Waals surface area contributed by atoms with Gasteiger partial charge in [-0.15, -0.1) is 6.58 Å². The molecule has 0 heterocycles. The van der Waals surface area contributed by atoms with Gasteiger partial charge in [0.05, 0.1) is 0 Å². The predicted molar refractivity (Wildman–Crippen MR) is 99.2 cm³/mol. The van der Waals surface area contributed by atoms with Crippen LogP contribution in [0.25, 0.3) is 22.8 Å². The van der Waals surface area contributed by atoms with Crippen LogP contribution in [0, 0.1) is 0 Å². The van der Waals surface area contributed by atoms with Gasteiger partial charge in [0.1, 0.15) is 0 Å². The van der Waals surface area contributed by atoms with Crippen molar-refractivity contribution in [2.24, 2.45) is 0 Å². The fraction of sp³-hybridized carbons (Fsp3) is 0.0435. The van der Waals surface area contributed by atoms with E-state index < -0.39 is 0 Å². The SMILES string of the molecule is C=CCc1ccc(C=C2c3ccccc3-c3ccccc32)cc1. The van der Waals surface area contributed by atoms with Gasteiger partial charge in [-0.05, 0) is 51.5 Å². The first-order valence-electron chi connectivity index (χ1n) is 7.97. The van der Waals surface area contributed by atoms with Gasteiger partial charge in [-0.1, -0.05) is 78.9 Å². The number of hydrogen-bond donors (Lipinski definition) is 0. The van der Waals surface area contributed by atoms with Crippen molar-refractivity contribution in [2.45, 2.75) is 6.42 Å². The van der Waals surface area contributed by atoms with E-state index in [0.29, 0.717) is 0 Å². The molecule has 1 aliphatic carbocycles. The lowest BCUT2D eigenvalue weighted by Crippen LogP contribution is -1.84. The largest absolute Gasteiger partial charge is 0.103 e. The van der Waals surface area contributed by atoms with E-state index in [0.717, 1.165) is 6.42 Å². The van der Waals surface area contributed by atoms with Crippen LogP contribution >= 0.6 is 0 Å². The average molecular weight is 294 g/mol. The van der Waals surface area contributed by atoms with Crippen molar-refractivity contribution in [3.63, 3.8) is 0 Å². The summed E-state index contributed by atoms with van der Waals surface area (Å²) >= 11 is 0. The molecule has 0 heteroatoms. The van der Waals surface area contributed by atoms with Gasteiger partial charge in [0.25, 0.3) is 0 Å². The molecule has 0 atom stereocenters. The van der Waals surface area contributed by atoms with Crippen molar-refractivity contribution in [3.05, 3.63) is 108 Å². The fourth-order valence-corrected chi connectivity index (χ4v) is 3.29. The molecule has 0 fully saturated rings. The monoisotopic (exact) mass is 294 g/mol. The summed E-state index contributed by atoms with van der Waals surface area (Å²) in [6.45, 7) is 3.80. The number of rotatable bonds is 3. The second-order valence-electron chi connectivity index (χ2n) is 5.88. The van der Waals surface area contributed by atoms with Crippen molar-refractivity contribution in [3.8, 4) is 11.1 Å². The van der Waals surface area contributed by atoms with E-state index in [9.17, 15) is 0 Å².